The number of benzene rings is 2. The molecule has 0 saturated carbocycles. The predicted molar refractivity (Wildman–Crippen MR) is 83.2 cm³/mol. The molecule has 2 N–H and O–H groups in total. The molecule has 2 amide bonds. The second kappa shape index (κ2) is 8.17. The summed E-state index contributed by atoms with van der Waals surface area (Å²) in [4.78, 5) is 23.3. The molecule has 0 unspecified atom stereocenters. The van der Waals surface area contributed by atoms with Crippen molar-refractivity contribution in [2.24, 2.45) is 0 Å². The van der Waals surface area contributed by atoms with Crippen LogP contribution in [0.5, 0.6) is 0 Å². The lowest BCUT2D eigenvalue weighted by atomic mass is 10.2. The summed E-state index contributed by atoms with van der Waals surface area (Å²) in [7, 11) is 0. The Balaban J connectivity index is 1.69. The van der Waals surface area contributed by atoms with E-state index in [1.54, 1.807) is 24.3 Å². The van der Waals surface area contributed by atoms with E-state index in [0.29, 0.717) is 17.2 Å². The zero-order chi connectivity index (χ0) is 15.8. The lowest BCUT2D eigenvalue weighted by Gasteiger charge is -2.08. The van der Waals surface area contributed by atoms with Crippen LogP contribution in [0.4, 0.5) is 0 Å². The molecule has 0 spiro atoms. The first-order valence-electron chi connectivity index (χ1n) is 6.61. The van der Waals surface area contributed by atoms with Gasteiger partial charge in [0.05, 0.1) is 6.61 Å². The molecule has 0 atom stereocenters. The van der Waals surface area contributed by atoms with Crippen molar-refractivity contribution in [1.82, 2.24) is 10.9 Å². The van der Waals surface area contributed by atoms with Crippen molar-refractivity contribution in [3.63, 3.8) is 0 Å². The average molecular weight is 319 g/mol. The Morgan fingerprint density at radius 2 is 1.64 bits per heavy atom. The number of ether oxygens (including phenoxy) is 1. The number of hydrazine groups is 1. The number of rotatable bonds is 5. The van der Waals surface area contributed by atoms with Crippen LogP contribution in [0.25, 0.3) is 0 Å². The quantitative estimate of drug-likeness (QED) is 0.831. The number of carbonyl (C=O) groups is 2. The van der Waals surface area contributed by atoms with Crippen LogP contribution < -0.4 is 10.9 Å². The van der Waals surface area contributed by atoms with Gasteiger partial charge in [-0.05, 0) is 29.8 Å². The molecule has 0 aliphatic heterocycles. The molecule has 0 saturated heterocycles. The second-order valence-corrected chi connectivity index (χ2v) is 4.92. The van der Waals surface area contributed by atoms with E-state index in [-0.39, 0.29) is 6.61 Å². The van der Waals surface area contributed by atoms with Gasteiger partial charge in [-0.1, -0.05) is 41.9 Å². The van der Waals surface area contributed by atoms with Gasteiger partial charge in [0, 0.05) is 10.6 Å². The predicted octanol–water partition coefficient (Wildman–Crippen LogP) is 2.32. The summed E-state index contributed by atoms with van der Waals surface area (Å²) >= 11 is 5.73. The first kappa shape index (κ1) is 16.0. The van der Waals surface area contributed by atoms with Crippen LogP contribution in [0.1, 0.15) is 15.9 Å². The van der Waals surface area contributed by atoms with Gasteiger partial charge in [0.2, 0.25) is 0 Å². The van der Waals surface area contributed by atoms with Gasteiger partial charge >= 0.3 is 0 Å². The Hall–Kier alpha value is -2.37. The van der Waals surface area contributed by atoms with E-state index in [9.17, 15) is 9.59 Å². The maximum Gasteiger partial charge on any atom is 0.269 e. The monoisotopic (exact) mass is 318 g/mol. The molecular weight excluding hydrogens is 304 g/mol. The van der Waals surface area contributed by atoms with Crippen molar-refractivity contribution in [2.45, 2.75) is 6.61 Å². The van der Waals surface area contributed by atoms with Crippen molar-refractivity contribution in [2.75, 3.05) is 6.61 Å². The van der Waals surface area contributed by atoms with E-state index in [0.717, 1.165) is 5.56 Å². The Kier molecular flexibility index (Phi) is 5.94. The number of hydrogen-bond donors (Lipinski definition) is 2. The number of carbonyl (C=O) groups excluding carboxylic acids is 2. The third kappa shape index (κ3) is 5.20. The molecule has 114 valence electrons. The standard InChI is InChI=1S/C16H15ClN2O3/c17-14-8-6-13(7-9-14)16(21)19-18-15(20)11-22-10-12-4-2-1-3-5-12/h1-9H,10-11H2,(H,18,20)(H,19,21). The summed E-state index contributed by atoms with van der Waals surface area (Å²) in [5.41, 5.74) is 5.96. The van der Waals surface area contributed by atoms with Crippen molar-refractivity contribution >= 4 is 23.4 Å². The zero-order valence-electron chi connectivity index (χ0n) is 11.7. The largest absolute Gasteiger partial charge is 0.367 e. The maximum absolute atomic E-state index is 11.7. The minimum absolute atomic E-state index is 0.143. The van der Waals surface area contributed by atoms with Crippen LogP contribution in [0.3, 0.4) is 0 Å². The van der Waals surface area contributed by atoms with E-state index in [1.807, 2.05) is 30.3 Å². The molecule has 2 aromatic rings. The molecular formula is C16H15ClN2O3. The minimum Gasteiger partial charge on any atom is -0.367 e. The first-order valence-corrected chi connectivity index (χ1v) is 6.99. The molecule has 22 heavy (non-hydrogen) atoms. The third-order valence-electron chi connectivity index (χ3n) is 2.77. The number of amides is 2. The van der Waals surface area contributed by atoms with Crippen molar-refractivity contribution in [1.29, 1.82) is 0 Å². The smallest absolute Gasteiger partial charge is 0.269 e. The highest BCUT2D eigenvalue weighted by molar-refractivity contribution is 6.30. The van der Waals surface area contributed by atoms with Gasteiger partial charge in [-0.3, -0.25) is 20.4 Å². The second-order valence-electron chi connectivity index (χ2n) is 4.49. The highest BCUT2D eigenvalue weighted by atomic mass is 35.5. The molecule has 6 heteroatoms. The van der Waals surface area contributed by atoms with E-state index < -0.39 is 11.8 Å². The Morgan fingerprint density at radius 3 is 2.32 bits per heavy atom. The lowest BCUT2D eigenvalue weighted by molar-refractivity contribution is -0.126. The first-order chi connectivity index (χ1) is 10.6. The maximum atomic E-state index is 11.7. The molecule has 0 aromatic heterocycles. The highest BCUT2D eigenvalue weighted by Gasteiger charge is 2.07. The van der Waals surface area contributed by atoms with E-state index in [4.69, 9.17) is 16.3 Å². The Morgan fingerprint density at radius 1 is 0.955 bits per heavy atom. The fourth-order valence-corrected chi connectivity index (χ4v) is 1.80. The van der Waals surface area contributed by atoms with Crippen LogP contribution in [0, 0.1) is 0 Å². The number of halogens is 1. The SMILES string of the molecule is O=C(COCc1ccccc1)NNC(=O)c1ccc(Cl)cc1. The van der Waals surface area contributed by atoms with E-state index in [2.05, 4.69) is 10.9 Å². The Labute approximate surface area is 133 Å². The third-order valence-corrected chi connectivity index (χ3v) is 3.02. The summed E-state index contributed by atoms with van der Waals surface area (Å²) in [5, 5.41) is 0.537. The fraction of sp³-hybridized carbons (Fsp3) is 0.125. The summed E-state index contributed by atoms with van der Waals surface area (Å²) in [6.07, 6.45) is 0. The molecule has 5 nitrogen and oxygen atoms in total. The van der Waals surface area contributed by atoms with Crippen LogP contribution >= 0.6 is 11.6 Å². The Bertz CT molecular complexity index is 630. The van der Waals surface area contributed by atoms with Gasteiger partial charge in [-0.15, -0.1) is 0 Å². The molecule has 0 fully saturated rings. The van der Waals surface area contributed by atoms with Gasteiger partial charge in [-0.25, -0.2) is 0 Å². The molecule has 0 aliphatic carbocycles. The van der Waals surface area contributed by atoms with Gasteiger partial charge in [0.15, 0.2) is 0 Å². The average Bonchev–Trinajstić information content (AvgIpc) is 2.54. The summed E-state index contributed by atoms with van der Waals surface area (Å²) in [6, 6.07) is 15.8. The summed E-state index contributed by atoms with van der Waals surface area (Å²) < 4.78 is 5.25. The van der Waals surface area contributed by atoms with Gasteiger partial charge in [0.1, 0.15) is 6.61 Å². The number of hydrogen-bond acceptors (Lipinski definition) is 3. The lowest BCUT2D eigenvalue weighted by Crippen LogP contribution is -2.43. The van der Waals surface area contributed by atoms with Crippen LogP contribution in [0.15, 0.2) is 54.6 Å². The van der Waals surface area contributed by atoms with Gasteiger partial charge in [0.25, 0.3) is 11.8 Å². The van der Waals surface area contributed by atoms with Crippen molar-refractivity contribution < 1.29 is 14.3 Å². The van der Waals surface area contributed by atoms with Gasteiger partial charge in [-0.2, -0.15) is 0 Å². The highest BCUT2D eigenvalue weighted by Crippen LogP contribution is 2.08. The minimum atomic E-state index is -0.432. The van der Waals surface area contributed by atoms with Crippen molar-refractivity contribution in [3.8, 4) is 0 Å². The van der Waals surface area contributed by atoms with Crippen molar-refractivity contribution in [3.05, 3.63) is 70.7 Å². The molecule has 2 aromatic carbocycles. The molecule has 2 rings (SSSR count). The number of nitrogens with one attached hydrogen (secondary N) is 2. The van der Waals surface area contributed by atoms with E-state index in [1.165, 1.54) is 0 Å². The fourth-order valence-electron chi connectivity index (χ4n) is 1.67. The topological polar surface area (TPSA) is 67.4 Å². The molecule has 0 bridgehead atoms. The van der Waals surface area contributed by atoms with E-state index >= 15 is 0 Å². The van der Waals surface area contributed by atoms with Crippen LogP contribution in [-0.2, 0) is 16.1 Å². The molecule has 0 radical (unpaired) electrons. The van der Waals surface area contributed by atoms with Crippen LogP contribution in [0.2, 0.25) is 5.02 Å². The molecule has 0 heterocycles. The summed E-state index contributed by atoms with van der Waals surface area (Å²) in [5.74, 6) is -0.855. The summed E-state index contributed by atoms with van der Waals surface area (Å²) in [6.45, 7) is 0.190. The molecule has 0 aliphatic rings. The normalized spacial score (nSPS) is 10.0. The van der Waals surface area contributed by atoms with Gasteiger partial charge < -0.3 is 4.74 Å². The van der Waals surface area contributed by atoms with Crippen LogP contribution in [-0.4, -0.2) is 18.4 Å². The zero-order valence-corrected chi connectivity index (χ0v) is 12.5.